The predicted molar refractivity (Wildman–Crippen MR) is 47.4 cm³/mol. The van der Waals surface area contributed by atoms with Crippen LogP contribution in [0.5, 0.6) is 0 Å². The Balaban J connectivity index is 4.01. The van der Waals surface area contributed by atoms with Crippen molar-refractivity contribution in [3.05, 3.63) is 12.2 Å². The first-order chi connectivity index (χ1) is 5.49. The van der Waals surface area contributed by atoms with Gasteiger partial charge in [-0.15, -0.1) is 11.8 Å². The van der Waals surface area contributed by atoms with E-state index in [1.807, 2.05) is 0 Å². The number of hydrogen-bond donors (Lipinski definition) is 1. The molecule has 1 atom stereocenters. The van der Waals surface area contributed by atoms with Crippen LogP contribution in [0.3, 0.4) is 0 Å². The van der Waals surface area contributed by atoms with Gasteiger partial charge in [0.15, 0.2) is 5.37 Å². The van der Waals surface area contributed by atoms with Crippen molar-refractivity contribution in [2.75, 3.05) is 6.26 Å². The second-order valence-corrected chi connectivity index (χ2v) is 3.12. The smallest absolute Gasteiger partial charge is 0.341 e. The Morgan fingerprint density at radius 1 is 1.58 bits per heavy atom. The lowest BCUT2D eigenvalue weighted by molar-refractivity contribution is -0.156. The number of rotatable bonds is 3. The third-order valence-corrected chi connectivity index (χ3v) is 1.73. The van der Waals surface area contributed by atoms with E-state index in [0.717, 1.165) is 11.8 Å². The molecule has 12 heavy (non-hydrogen) atoms. The van der Waals surface area contributed by atoms with Gasteiger partial charge in [-0.2, -0.15) is 0 Å². The SMILES string of the molecule is C=C(C)C(=O)OC(=O)C(N)SC. The molecule has 0 heterocycles. The molecule has 5 heteroatoms. The van der Waals surface area contributed by atoms with Crippen LogP contribution in [0.4, 0.5) is 0 Å². The van der Waals surface area contributed by atoms with Gasteiger partial charge in [-0.3, -0.25) is 0 Å². The van der Waals surface area contributed by atoms with E-state index in [9.17, 15) is 9.59 Å². The van der Waals surface area contributed by atoms with Gasteiger partial charge in [-0.1, -0.05) is 6.58 Å². The van der Waals surface area contributed by atoms with Gasteiger partial charge in [0.05, 0.1) is 0 Å². The van der Waals surface area contributed by atoms with Gasteiger partial charge in [0.1, 0.15) is 0 Å². The first kappa shape index (κ1) is 11.2. The fourth-order valence-corrected chi connectivity index (χ4v) is 0.573. The molecule has 68 valence electrons. The van der Waals surface area contributed by atoms with Crippen LogP contribution in [-0.4, -0.2) is 23.6 Å². The summed E-state index contributed by atoms with van der Waals surface area (Å²) in [5.41, 5.74) is 5.45. The van der Waals surface area contributed by atoms with Crippen molar-refractivity contribution in [3.8, 4) is 0 Å². The lowest BCUT2D eigenvalue weighted by atomic mass is 10.4. The Morgan fingerprint density at radius 3 is 2.42 bits per heavy atom. The molecule has 0 saturated carbocycles. The molecule has 1 unspecified atom stereocenters. The van der Waals surface area contributed by atoms with Gasteiger partial charge in [0.2, 0.25) is 0 Å². The number of nitrogens with two attached hydrogens (primary N) is 1. The first-order valence-electron chi connectivity index (χ1n) is 3.19. The van der Waals surface area contributed by atoms with Crippen LogP contribution in [0.2, 0.25) is 0 Å². The molecule has 0 aromatic rings. The van der Waals surface area contributed by atoms with E-state index in [-0.39, 0.29) is 5.57 Å². The van der Waals surface area contributed by atoms with E-state index < -0.39 is 17.3 Å². The van der Waals surface area contributed by atoms with E-state index in [0.29, 0.717) is 0 Å². The molecule has 0 radical (unpaired) electrons. The summed E-state index contributed by atoms with van der Waals surface area (Å²) < 4.78 is 4.34. The van der Waals surface area contributed by atoms with E-state index in [2.05, 4.69) is 11.3 Å². The molecule has 0 rings (SSSR count). The topological polar surface area (TPSA) is 69.4 Å². The van der Waals surface area contributed by atoms with Crippen molar-refractivity contribution >= 4 is 23.7 Å². The van der Waals surface area contributed by atoms with E-state index in [1.165, 1.54) is 6.92 Å². The van der Waals surface area contributed by atoms with E-state index in [1.54, 1.807) is 6.26 Å². The summed E-state index contributed by atoms with van der Waals surface area (Å²) in [5.74, 6) is -1.47. The number of ether oxygens (including phenoxy) is 1. The van der Waals surface area contributed by atoms with Crippen LogP contribution < -0.4 is 5.73 Å². The molecule has 4 nitrogen and oxygen atoms in total. The lowest BCUT2D eigenvalue weighted by Gasteiger charge is -2.06. The van der Waals surface area contributed by atoms with Crippen LogP contribution >= 0.6 is 11.8 Å². The van der Waals surface area contributed by atoms with Crippen molar-refractivity contribution in [2.24, 2.45) is 5.73 Å². The van der Waals surface area contributed by atoms with Crippen molar-refractivity contribution < 1.29 is 14.3 Å². The fourth-order valence-electron chi connectivity index (χ4n) is 0.333. The second kappa shape index (κ2) is 4.95. The molecule has 0 aliphatic rings. The van der Waals surface area contributed by atoms with Crippen molar-refractivity contribution in [3.63, 3.8) is 0 Å². The zero-order chi connectivity index (χ0) is 9.72. The van der Waals surface area contributed by atoms with Crippen LogP contribution in [0.25, 0.3) is 0 Å². The summed E-state index contributed by atoms with van der Waals surface area (Å²) in [6.07, 6.45) is 1.65. The van der Waals surface area contributed by atoms with Crippen LogP contribution in [0, 0.1) is 0 Å². The molecule has 0 aliphatic heterocycles. The molecule has 0 aliphatic carbocycles. The number of esters is 2. The zero-order valence-corrected chi connectivity index (χ0v) is 7.81. The van der Waals surface area contributed by atoms with Gasteiger partial charge < -0.3 is 10.5 Å². The largest absolute Gasteiger partial charge is 0.388 e. The summed E-state index contributed by atoms with van der Waals surface area (Å²) in [5, 5.41) is -0.812. The quantitative estimate of drug-likeness (QED) is 0.299. The Labute approximate surface area is 75.1 Å². The molecule has 0 fully saturated rings. The predicted octanol–water partition coefficient (Wildman–Crippen LogP) is 0.280. The zero-order valence-electron chi connectivity index (χ0n) is 6.99. The first-order valence-corrected chi connectivity index (χ1v) is 4.47. The molecule has 0 spiro atoms. The van der Waals surface area contributed by atoms with Crippen molar-refractivity contribution in [1.82, 2.24) is 0 Å². The second-order valence-electron chi connectivity index (χ2n) is 2.15. The average Bonchev–Trinajstić information content (AvgIpc) is 2.02. The summed E-state index contributed by atoms with van der Waals surface area (Å²) in [6.45, 7) is 4.78. The number of hydrogen-bond acceptors (Lipinski definition) is 5. The molecule has 0 bridgehead atoms. The van der Waals surface area contributed by atoms with Gasteiger partial charge >= 0.3 is 11.9 Å². The Hall–Kier alpha value is -0.810. The minimum Gasteiger partial charge on any atom is -0.388 e. The summed E-state index contributed by atoms with van der Waals surface area (Å²) in [6, 6.07) is 0. The number of thioether (sulfide) groups is 1. The van der Waals surface area contributed by atoms with Gasteiger partial charge in [-0.05, 0) is 13.2 Å². The average molecular weight is 189 g/mol. The monoisotopic (exact) mass is 189 g/mol. The summed E-state index contributed by atoms with van der Waals surface area (Å²) >= 11 is 1.11. The highest BCUT2D eigenvalue weighted by atomic mass is 32.2. The minimum absolute atomic E-state index is 0.177. The maximum absolute atomic E-state index is 10.9. The van der Waals surface area contributed by atoms with E-state index >= 15 is 0 Å². The fraction of sp³-hybridized carbons (Fsp3) is 0.429. The molecule has 0 aromatic carbocycles. The van der Waals surface area contributed by atoms with Crippen molar-refractivity contribution in [1.29, 1.82) is 0 Å². The Morgan fingerprint density at radius 2 is 2.08 bits per heavy atom. The standard InChI is InChI=1S/C7H11NO3S/c1-4(2)6(9)11-7(10)5(8)12-3/h5H,1,8H2,2-3H3. The minimum atomic E-state index is -0.812. The number of carbonyl (C=O) groups excluding carboxylic acids is 2. The molecule has 0 saturated heterocycles. The summed E-state index contributed by atoms with van der Waals surface area (Å²) in [7, 11) is 0. The lowest BCUT2D eigenvalue weighted by Crippen LogP contribution is -2.30. The number of carbonyl (C=O) groups is 2. The van der Waals surface area contributed by atoms with Crippen LogP contribution in [0.15, 0.2) is 12.2 Å². The third kappa shape index (κ3) is 3.54. The molecular weight excluding hydrogens is 178 g/mol. The maximum atomic E-state index is 10.9. The Kier molecular flexibility index (Phi) is 4.61. The summed E-state index contributed by atoms with van der Waals surface area (Å²) in [4.78, 5) is 21.6. The maximum Gasteiger partial charge on any atom is 0.341 e. The van der Waals surface area contributed by atoms with Crippen LogP contribution in [-0.2, 0) is 14.3 Å². The van der Waals surface area contributed by atoms with Gasteiger partial charge in [0.25, 0.3) is 0 Å². The van der Waals surface area contributed by atoms with Crippen LogP contribution in [0.1, 0.15) is 6.92 Å². The molecular formula is C7H11NO3S. The highest BCUT2D eigenvalue weighted by Gasteiger charge is 2.17. The van der Waals surface area contributed by atoms with Gasteiger partial charge in [-0.25, -0.2) is 9.59 Å². The van der Waals surface area contributed by atoms with Crippen molar-refractivity contribution in [2.45, 2.75) is 12.3 Å². The van der Waals surface area contributed by atoms with E-state index in [4.69, 9.17) is 5.73 Å². The molecule has 0 amide bonds. The normalized spacial score (nSPS) is 11.9. The molecule has 2 N–H and O–H groups in total. The third-order valence-electron chi connectivity index (χ3n) is 1.03. The highest BCUT2D eigenvalue weighted by Crippen LogP contribution is 2.03. The molecule has 0 aromatic heterocycles. The Bertz CT molecular complexity index is 215. The van der Waals surface area contributed by atoms with Gasteiger partial charge in [0, 0.05) is 5.57 Å². The highest BCUT2D eigenvalue weighted by molar-refractivity contribution is 7.99.